The van der Waals surface area contributed by atoms with Gasteiger partial charge < -0.3 is 0 Å². The summed E-state index contributed by atoms with van der Waals surface area (Å²) in [6.45, 7) is 4.11. The van der Waals surface area contributed by atoms with Crippen molar-refractivity contribution in [1.29, 1.82) is 0 Å². The molecule has 0 radical (unpaired) electrons. The topological polar surface area (TPSA) is 37.1 Å². The molecule has 0 fully saturated rings. The molecule has 2 aromatic rings. The number of aliphatic imine (C=N–C) groups is 3. The van der Waals surface area contributed by atoms with Gasteiger partial charge in [-0.3, -0.25) is 15.0 Å². The monoisotopic (exact) mass is 515 g/mol. The molecule has 26 heavy (non-hydrogen) atoms. The van der Waals surface area contributed by atoms with Crippen molar-refractivity contribution >= 4 is 57.7 Å². The molecule has 0 atom stereocenters. The summed E-state index contributed by atoms with van der Waals surface area (Å²) in [4.78, 5) is 13.6. The average molecular weight is 517 g/mol. The van der Waals surface area contributed by atoms with E-state index in [-0.39, 0.29) is 0 Å². The first-order valence-corrected chi connectivity index (χ1v) is 13.4. The van der Waals surface area contributed by atoms with Crippen LogP contribution in [0.5, 0.6) is 0 Å². The Hall–Kier alpha value is -1.33. The van der Waals surface area contributed by atoms with Gasteiger partial charge in [-0.25, -0.2) is 0 Å². The second kappa shape index (κ2) is 11.4. The molecular weight excluding hydrogens is 498 g/mol. The third kappa shape index (κ3) is 6.76. The Morgan fingerprint density at radius 2 is 1.38 bits per heavy atom. The van der Waals surface area contributed by atoms with Gasteiger partial charge in [0.05, 0.1) is 29.0 Å². The number of para-hydroxylation sites is 2. The van der Waals surface area contributed by atoms with Gasteiger partial charge in [0.2, 0.25) is 0 Å². The summed E-state index contributed by atoms with van der Waals surface area (Å²) >= 11 is 7.00. The molecule has 136 valence electrons. The standard InChI is InChI=1S/C20H19N3.2BrH.Fe/c1-15-7-3-5-9-19(15)21-13-17-11-12-18(23-17)14-22-20-10-6-4-8-16(20)2;;;/h3-11,13-14H,12H2,1-2H3;2*1H;/q;;;+2/p-2. The third-order valence-corrected chi connectivity index (χ3v) is 3.71. The van der Waals surface area contributed by atoms with Crippen molar-refractivity contribution in [3.63, 3.8) is 0 Å². The molecule has 3 rings (SSSR count). The number of hydrogen-bond acceptors (Lipinski definition) is 3. The number of nitrogens with zero attached hydrogens (tertiary/aromatic N) is 3. The fourth-order valence-corrected chi connectivity index (χ4v) is 2.33. The van der Waals surface area contributed by atoms with Crippen LogP contribution in [0.25, 0.3) is 0 Å². The number of allylic oxidation sites excluding steroid dienone is 2. The number of halogens is 2. The Bertz CT molecular complexity index is 858. The van der Waals surface area contributed by atoms with Crippen molar-refractivity contribution in [1.82, 2.24) is 0 Å². The van der Waals surface area contributed by atoms with Crippen LogP contribution in [0.1, 0.15) is 17.5 Å². The predicted octanol–water partition coefficient (Wildman–Crippen LogP) is 6.83. The van der Waals surface area contributed by atoms with Gasteiger partial charge in [-0.15, -0.1) is 0 Å². The zero-order valence-corrected chi connectivity index (χ0v) is 18.8. The molecule has 1 heterocycles. The SMILES string of the molecule is Cc1ccccc1N=CC1=CCC(C=Nc2ccccc2C)=N1.[Br][Fe][Br]. The van der Waals surface area contributed by atoms with Gasteiger partial charge in [0, 0.05) is 12.6 Å². The van der Waals surface area contributed by atoms with Gasteiger partial charge in [0.1, 0.15) is 0 Å². The minimum atomic E-state index is 0.796. The molecule has 0 aromatic heterocycles. The van der Waals surface area contributed by atoms with Crippen LogP contribution in [0.15, 0.2) is 75.3 Å². The van der Waals surface area contributed by atoms with E-state index in [0.29, 0.717) is 0 Å². The summed E-state index contributed by atoms with van der Waals surface area (Å²) in [6, 6.07) is 16.1. The van der Waals surface area contributed by atoms with Crippen LogP contribution < -0.4 is 0 Å². The summed E-state index contributed by atoms with van der Waals surface area (Å²) < 4.78 is 0. The molecule has 0 saturated carbocycles. The van der Waals surface area contributed by atoms with Crippen LogP contribution >= 0.6 is 28.2 Å². The first-order valence-electron chi connectivity index (χ1n) is 7.96. The van der Waals surface area contributed by atoms with Gasteiger partial charge in [-0.1, -0.05) is 42.5 Å². The van der Waals surface area contributed by atoms with Crippen LogP contribution in [0.4, 0.5) is 11.4 Å². The molecule has 0 spiro atoms. The van der Waals surface area contributed by atoms with E-state index in [1.165, 1.54) is 0 Å². The molecule has 1 aliphatic rings. The molecule has 0 saturated heterocycles. The van der Waals surface area contributed by atoms with Crippen LogP contribution in [0, 0.1) is 13.8 Å². The zero-order valence-electron chi connectivity index (χ0n) is 14.5. The fraction of sp³-hybridized carbons (Fsp3) is 0.150. The summed E-state index contributed by atoms with van der Waals surface area (Å²) in [5.74, 6) is 0. The summed E-state index contributed by atoms with van der Waals surface area (Å²) in [5.41, 5.74) is 6.13. The van der Waals surface area contributed by atoms with Gasteiger partial charge >= 0.3 is 39.6 Å². The number of aryl methyl sites for hydroxylation is 2. The molecule has 6 heteroatoms. The van der Waals surface area contributed by atoms with E-state index in [1.54, 1.807) is 0 Å². The van der Waals surface area contributed by atoms with Crippen LogP contribution in [0.3, 0.4) is 0 Å². The summed E-state index contributed by atoms with van der Waals surface area (Å²) in [6.07, 6.45) is 6.52. The van der Waals surface area contributed by atoms with Gasteiger partial charge in [-0.05, 0) is 37.1 Å². The van der Waals surface area contributed by atoms with Crippen molar-refractivity contribution in [3.8, 4) is 0 Å². The van der Waals surface area contributed by atoms with Crippen LogP contribution in [-0.2, 0) is 11.3 Å². The molecule has 1 aliphatic heterocycles. The van der Waals surface area contributed by atoms with Crippen molar-refractivity contribution < 1.29 is 11.3 Å². The summed E-state index contributed by atoms with van der Waals surface area (Å²) in [7, 11) is 0. The molecular formula is C20H19Br2FeN3. The van der Waals surface area contributed by atoms with E-state index in [1.807, 2.05) is 48.8 Å². The molecule has 2 aromatic carbocycles. The third-order valence-electron chi connectivity index (χ3n) is 3.71. The second-order valence-electron chi connectivity index (χ2n) is 5.58. The van der Waals surface area contributed by atoms with Gasteiger partial charge in [0.15, 0.2) is 0 Å². The predicted molar refractivity (Wildman–Crippen MR) is 117 cm³/mol. The second-order valence-corrected chi connectivity index (χ2v) is 11.1. The van der Waals surface area contributed by atoms with E-state index in [2.05, 4.69) is 75.3 Å². The maximum atomic E-state index is 4.56. The van der Waals surface area contributed by atoms with Crippen LogP contribution in [-0.4, -0.2) is 18.1 Å². The first kappa shape index (κ1) is 21.0. The Kier molecular flexibility index (Phi) is 9.19. The van der Waals surface area contributed by atoms with Gasteiger partial charge in [0.25, 0.3) is 0 Å². The number of benzene rings is 2. The van der Waals surface area contributed by atoms with E-state index in [9.17, 15) is 0 Å². The molecule has 0 aliphatic carbocycles. The van der Waals surface area contributed by atoms with E-state index in [0.717, 1.165) is 51.7 Å². The van der Waals surface area contributed by atoms with Crippen molar-refractivity contribution in [3.05, 3.63) is 71.4 Å². The van der Waals surface area contributed by atoms with Crippen molar-refractivity contribution in [2.75, 3.05) is 0 Å². The molecule has 3 nitrogen and oxygen atoms in total. The molecule has 0 N–H and O–H groups in total. The fourth-order valence-electron chi connectivity index (χ4n) is 2.33. The minimum absolute atomic E-state index is 0.796. The molecule has 0 amide bonds. The van der Waals surface area contributed by atoms with Gasteiger partial charge in [-0.2, -0.15) is 0 Å². The Morgan fingerprint density at radius 1 is 0.885 bits per heavy atom. The molecule has 0 bridgehead atoms. The average Bonchev–Trinajstić information content (AvgIpc) is 3.09. The first-order chi connectivity index (χ1) is 12.6. The van der Waals surface area contributed by atoms with Crippen LogP contribution in [0.2, 0.25) is 0 Å². The number of hydrogen-bond donors (Lipinski definition) is 0. The van der Waals surface area contributed by atoms with E-state index in [4.69, 9.17) is 0 Å². The van der Waals surface area contributed by atoms with E-state index < -0.39 is 0 Å². The normalized spacial score (nSPS) is 13.7. The van der Waals surface area contributed by atoms with Crippen molar-refractivity contribution in [2.45, 2.75) is 20.3 Å². The van der Waals surface area contributed by atoms with E-state index >= 15 is 0 Å². The Balaban J connectivity index is 0.000000758. The molecule has 0 unspecified atom stereocenters. The zero-order chi connectivity index (χ0) is 18.8. The van der Waals surface area contributed by atoms with Crippen molar-refractivity contribution in [2.24, 2.45) is 15.0 Å². The Labute approximate surface area is 175 Å². The maximum absolute atomic E-state index is 4.56. The quantitative estimate of drug-likeness (QED) is 0.316. The summed E-state index contributed by atoms with van der Waals surface area (Å²) in [5, 5.41) is 0. The Morgan fingerprint density at radius 3 is 1.92 bits per heavy atom. The number of rotatable bonds is 4.